The van der Waals surface area contributed by atoms with E-state index in [1.54, 1.807) is 20.2 Å². The van der Waals surface area contributed by atoms with Gasteiger partial charge in [0.15, 0.2) is 5.16 Å². The summed E-state index contributed by atoms with van der Waals surface area (Å²) in [6.07, 6.45) is 0. The number of hydrogen-bond donors (Lipinski definition) is 2. The fraction of sp³-hybridized carbons (Fsp3) is 0.444. The van der Waals surface area contributed by atoms with Crippen LogP contribution in [0.5, 0.6) is 0 Å². The van der Waals surface area contributed by atoms with E-state index in [1.807, 2.05) is 0 Å². The van der Waals surface area contributed by atoms with Gasteiger partial charge in [-0.2, -0.15) is 0 Å². The Kier molecular flexibility index (Phi) is 4.84. The molecule has 6 nitrogen and oxygen atoms in total. The highest BCUT2D eigenvalue weighted by Gasteiger charge is 2.07. The number of rotatable bonds is 5. The predicted octanol–water partition coefficient (Wildman–Crippen LogP) is 0.825. The molecule has 0 unspecified atom stereocenters. The summed E-state index contributed by atoms with van der Waals surface area (Å²) < 4.78 is 4.54. The molecule has 0 aromatic carbocycles. The lowest BCUT2D eigenvalue weighted by Gasteiger charge is -2.06. The molecule has 0 saturated heterocycles. The number of nitrogens with zero attached hydrogens (tertiary/aromatic N) is 2. The zero-order valence-corrected chi connectivity index (χ0v) is 10.2. The Bertz CT molecular complexity index is 350. The van der Waals surface area contributed by atoms with Crippen LogP contribution in [-0.2, 0) is 9.53 Å². The van der Waals surface area contributed by atoms with E-state index in [0.29, 0.717) is 16.8 Å². The normalized spacial score (nSPS) is 9.69. The number of nitrogens with one attached hydrogen (secondary N) is 2. The molecule has 0 aliphatic carbocycles. The molecule has 0 radical (unpaired) electrons. The van der Waals surface area contributed by atoms with Crippen LogP contribution in [0.1, 0.15) is 0 Å². The maximum atomic E-state index is 11.0. The first kappa shape index (κ1) is 12.6. The predicted molar refractivity (Wildman–Crippen MR) is 63.9 cm³/mol. The number of methoxy groups -OCH3 is 1. The van der Waals surface area contributed by atoms with Crippen molar-refractivity contribution in [2.45, 2.75) is 5.16 Å². The molecule has 0 bridgehead atoms. The monoisotopic (exact) mass is 242 g/mol. The number of carbonyl (C=O) groups excluding carboxylic acids is 1. The zero-order valence-electron chi connectivity index (χ0n) is 9.40. The highest BCUT2D eigenvalue weighted by Crippen LogP contribution is 2.18. The van der Waals surface area contributed by atoms with Crippen molar-refractivity contribution < 1.29 is 9.53 Å². The molecule has 88 valence electrons. The molecule has 0 fully saturated rings. The molecule has 0 aliphatic heterocycles. The number of hydrogen-bond acceptors (Lipinski definition) is 7. The fourth-order valence-corrected chi connectivity index (χ4v) is 1.62. The number of thioether (sulfide) groups is 1. The Balaban J connectivity index is 2.74. The Morgan fingerprint density at radius 2 is 1.94 bits per heavy atom. The van der Waals surface area contributed by atoms with Gasteiger partial charge in [0, 0.05) is 20.2 Å². The lowest BCUT2D eigenvalue weighted by Crippen LogP contribution is -2.05. The van der Waals surface area contributed by atoms with Gasteiger partial charge >= 0.3 is 5.97 Å². The van der Waals surface area contributed by atoms with Crippen molar-refractivity contribution in [1.82, 2.24) is 9.97 Å². The van der Waals surface area contributed by atoms with E-state index in [0.717, 1.165) is 0 Å². The molecule has 0 aliphatic rings. The summed E-state index contributed by atoms with van der Waals surface area (Å²) in [5, 5.41) is 6.38. The van der Waals surface area contributed by atoms with Crippen LogP contribution in [0.25, 0.3) is 0 Å². The molecule has 1 rings (SSSR count). The van der Waals surface area contributed by atoms with Gasteiger partial charge in [-0.25, -0.2) is 9.97 Å². The van der Waals surface area contributed by atoms with Crippen LogP contribution in [0.15, 0.2) is 11.2 Å². The number of carbonyl (C=O) groups is 1. The maximum absolute atomic E-state index is 11.0. The van der Waals surface area contributed by atoms with Crippen LogP contribution in [0.4, 0.5) is 11.6 Å². The van der Waals surface area contributed by atoms with Crippen LogP contribution in [-0.4, -0.2) is 42.9 Å². The molecule has 0 saturated carbocycles. The number of anilines is 2. The first-order valence-corrected chi connectivity index (χ1v) is 5.62. The van der Waals surface area contributed by atoms with E-state index >= 15 is 0 Å². The second-order valence-electron chi connectivity index (χ2n) is 2.79. The molecule has 0 spiro atoms. The molecule has 0 atom stereocenters. The third-order valence-corrected chi connectivity index (χ3v) is 2.59. The lowest BCUT2D eigenvalue weighted by atomic mass is 10.5. The van der Waals surface area contributed by atoms with E-state index in [9.17, 15) is 4.79 Å². The molecule has 1 heterocycles. The molecule has 0 amide bonds. The zero-order chi connectivity index (χ0) is 12.0. The number of esters is 1. The topological polar surface area (TPSA) is 76.1 Å². The first-order valence-electron chi connectivity index (χ1n) is 4.63. The summed E-state index contributed by atoms with van der Waals surface area (Å²) in [5.41, 5.74) is 0. The Hall–Kier alpha value is -1.50. The molecular formula is C9H14N4O2S. The number of aromatic nitrogens is 2. The Labute approximate surface area is 98.2 Å². The largest absolute Gasteiger partial charge is 0.468 e. The van der Waals surface area contributed by atoms with Gasteiger partial charge in [-0.05, 0) is 0 Å². The average Bonchev–Trinajstić information content (AvgIpc) is 2.35. The van der Waals surface area contributed by atoms with Crippen LogP contribution in [0.3, 0.4) is 0 Å². The summed E-state index contributed by atoms with van der Waals surface area (Å²) >= 11 is 1.24. The summed E-state index contributed by atoms with van der Waals surface area (Å²) in [6.45, 7) is 0. The summed E-state index contributed by atoms with van der Waals surface area (Å²) in [7, 11) is 4.90. The van der Waals surface area contributed by atoms with Crippen molar-refractivity contribution >= 4 is 29.4 Å². The smallest absolute Gasteiger partial charge is 0.316 e. The third kappa shape index (κ3) is 3.58. The van der Waals surface area contributed by atoms with Crippen LogP contribution >= 0.6 is 11.8 Å². The highest BCUT2D eigenvalue weighted by atomic mass is 32.2. The maximum Gasteiger partial charge on any atom is 0.316 e. The molecule has 16 heavy (non-hydrogen) atoms. The van der Waals surface area contributed by atoms with Crippen molar-refractivity contribution in [1.29, 1.82) is 0 Å². The van der Waals surface area contributed by atoms with Gasteiger partial charge in [-0.1, -0.05) is 11.8 Å². The summed E-state index contributed by atoms with van der Waals surface area (Å²) in [4.78, 5) is 19.4. The van der Waals surface area contributed by atoms with Gasteiger partial charge < -0.3 is 15.4 Å². The van der Waals surface area contributed by atoms with Gasteiger partial charge in [-0.3, -0.25) is 4.79 Å². The van der Waals surface area contributed by atoms with Crippen molar-refractivity contribution in [2.75, 3.05) is 37.6 Å². The average molecular weight is 242 g/mol. The standard InChI is InChI=1S/C9H14N4O2S/c1-10-6-4-7(11-2)13-9(12-6)16-5-8(14)15-3/h4H,5H2,1-3H3,(H2,10,11,12,13). The van der Waals surface area contributed by atoms with Gasteiger partial charge in [0.1, 0.15) is 11.6 Å². The van der Waals surface area contributed by atoms with Gasteiger partial charge in [0.25, 0.3) is 0 Å². The Morgan fingerprint density at radius 3 is 2.38 bits per heavy atom. The molecule has 7 heteroatoms. The third-order valence-electron chi connectivity index (χ3n) is 1.76. The quantitative estimate of drug-likeness (QED) is 0.450. The van der Waals surface area contributed by atoms with Gasteiger partial charge in [0.05, 0.1) is 12.9 Å². The van der Waals surface area contributed by atoms with Crippen LogP contribution in [0.2, 0.25) is 0 Å². The van der Waals surface area contributed by atoms with Crippen LogP contribution < -0.4 is 10.6 Å². The van der Waals surface area contributed by atoms with E-state index in [-0.39, 0.29) is 11.7 Å². The first-order chi connectivity index (χ1) is 7.69. The summed E-state index contributed by atoms with van der Waals surface area (Å²) in [6, 6.07) is 1.78. The van der Waals surface area contributed by atoms with Crippen molar-refractivity contribution in [3.8, 4) is 0 Å². The number of ether oxygens (including phenoxy) is 1. The molecule has 2 N–H and O–H groups in total. The fourth-order valence-electron chi connectivity index (χ4n) is 0.928. The van der Waals surface area contributed by atoms with Crippen molar-refractivity contribution in [3.05, 3.63) is 6.07 Å². The van der Waals surface area contributed by atoms with E-state index in [1.165, 1.54) is 18.9 Å². The van der Waals surface area contributed by atoms with Crippen molar-refractivity contribution in [2.24, 2.45) is 0 Å². The molecular weight excluding hydrogens is 228 g/mol. The molecule has 1 aromatic rings. The highest BCUT2D eigenvalue weighted by molar-refractivity contribution is 7.99. The van der Waals surface area contributed by atoms with Crippen molar-refractivity contribution in [3.63, 3.8) is 0 Å². The second kappa shape index (κ2) is 6.16. The lowest BCUT2D eigenvalue weighted by molar-refractivity contribution is -0.137. The SMILES string of the molecule is CNc1cc(NC)nc(SCC(=O)OC)n1. The van der Waals surface area contributed by atoms with E-state index in [2.05, 4.69) is 25.3 Å². The molecule has 1 aromatic heterocycles. The Morgan fingerprint density at radius 1 is 1.38 bits per heavy atom. The van der Waals surface area contributed by atoms with E-state index < -0.39 is 0 Å². The minimum Gasteiger partial charge on any atom is -0.468 e. The van der Waals surface area contributed by atoms with Gasteiger partial charge in [0.2, 0.25) is 0 Å². The van der Waals surface area contributed by atoms with E-state index in [4.69, 9.17) is 0 Å². The van der Waals surface area contributed by atoms with Gasteiger partial charge in [-0.15, -0.1) is 0 Å². The van der Waals surface area contributed by atoms with Crippen LogP contribution in [0, 0.1) is 0 Å². The second-order valence-corrected chi connectivity index (χ2v) is 3.73. The minimum absolute atomic E-state index is 0.201. The minimum atomic E-state index is -0.297. The summed E-state index contributed by atoms with van der Waals surface area (Å²) in [5.74, 6) is 1.31.